The number of methoxy groups -OCH3 is 1. The Balaban J connectivity index is 1.04. The van der Waals surface area contributed by atoms with Gasteiger partial charge < -0.3 is 19.7 Å². The quantitative estimate of drug-likeness (QED) is 0.325. The van der Waals surface area contributed by atoms with E-state index in [1.165, 1.54) is 45.6 Å². The smallest absolute Gasteiger partial charge is 0.305 e. The number of piperazine rings is 1. The largest absolute Gasteiger partial charge is 0.493 e. The number of ether oxygens (including phenoxy) is 2. The van der Waals surface area contributed by atoms with Crippen LogP contribution in [0.1, 0.15) is 63.4 Å². The third kappa shape index (κ3) is 7.26. The summed E-state index contributed by atoms with van der Waals surface area (Å²) in [5.74, 6) is 3.01. The van der Waals surface area contributed by atoms with Crippen molar-refractivity contribution in [3.63, 3.8) is 0 Å². The maximum atomic E-state index is 12.9. The van der Waals surface area contributed by atoms with Gasteiger partial charge in [0.25, 0.3) is 0 Å². The molecule has 1 aromatic carbocycles. The van der Waals surface area contributed by atoms with Gasteiger partial charge in [0, 0.05) is 56.2 Å². The summed E-state index contributed by atoms with van der Waals surface area (Å²) in [7, 11) is 1.38. The first-order valence-corrected chi connectivity index (χ1v) is 14.9. The number of hydrogen-bond acceptors (Lipinski definition) is 6. The van der Waals surface area contributed by atoms with Gasteiger partial charge in [-0.05, 0) is 86.3 Å². The van der Waals surface area contributed by atoms with E-state index in [0.29, 0.717) is 50.5 Å². The van der Waals surface area contributed by atoms with Gasteiger partial charge in [-0.2, -0.15) is 0 Å². The standard InChI is InChI=1S/C30H42ClN3O5/c1-38-29(37)3-2-10-39-26-5-4-25(31)14-24(26)20-33-6-8-34(9-7-33)28(36)19-32-27(35)18-30-15-21-11-22(16-30)13-23(12-21)17-30/h4-5,14,21-23H,2-3,6-13,15-20H2,1H3,(H,32,35). The Kier molecular flexibility index (Phi) is 9.02. The molecule has 4 bridgehead atoms. The van der Waals surface area contributed by atoms with Crippen LogP contribution in [0.2, 0.25) is 5.02 Å². The molecule has 6 rings (SSSR count). The van der Waals surface area contributed by atoms with Crippen molar-refractivity contribution in [3.8, 4) is 5.75 Å². The van der Waals surface area contributed by atoms with E-state index >= 15 is 0 Å². The van der Waals surface area contributed by atoms with Crippen molar-refractivity contribution in [2.45, 2.75) is 64.3 Å². The molecule has 5 aliphatic rings. The van der Waals surface area contributed by atoms with Crippen LogP contribution in [0, 0.1) is 23.2 Å². The van der Waals surface area contributed by atoms with Crippen LogP contribution in [-0.2, 0) is 25.7 Å². The van der Waals surface area contributed by atoms with E-state index in [9.17, 15) is 14.4 Å². The van der Waals surface area contributed by atoms with Crippen LogP contribution >= 0.6 is 11.6 Å². The van der Waals surface area contributed by atoms with Crippen molar-refractivity contribution in [1.29, 1.82) is 0 Å². The molecule has 2 amide bonds. The molecular formula is C30H42ClN3O5. The van der Waals surface area contributed by atoms with Crippen molar-refractivity contribution in [1.82, 2.24) is 15.1 Å². The van der Waals surface area contributed by atoms with Crippen molar-refractivity contribution in [2.24, 2.45) is 23.2 Å². The summed E-state index contributed by atoms with van der Waals surface area (Å²) < 4.78 is 10.6. The van der Waals surface area contributed by atoms with Crippen molar-refractivity contribution < 1.29 is 23.9 Å². The molecule has 0 spiro atoms. The molecule has 1 N–H and O–H groups in total. The minimum atomic E-state index is -0.246. The summed E-state index contributed by atoms with van der Waals surface area (Å²) >= 11 is 6.26. The monoisotopic (exact) mass is 559 g/mol. The number of rotatable bonds is 11. The van der Waals surface area contributed by atoms with Crippen LogP contribution in [-0.4, -0.2) is 74.0 Å². The average Bonchev–Trinajstić information content (AvgIpc) is 2.90. The van der Waals surface area contributed by atoms with Crippen LogP contribution < -0.4 is 10.1 Å². The summed E-state index contributed by atoms with van der Waals surface area (Å²) in [5.41, 5.74) is 1.18. The third-order valence-electron chi connectivity index (χ3n) is 9.29. The highest BCUT2D eigenvalue weighted by atomic mass is 35.5. The lowest BCUT2D eigenvalue weighted by atomic mass is 9.49. The van der Waals surface area contributed by atoms with Gasteiger partial charge in [-0.25, -0.2) is 0 Å². The fourth-order valence-corrected chi connectivity index (χ4v) is 8.10. The van der Waals surface area contributed by atoms with Gasteiger partial charge in [-0.15, -0.1) is 0 Å². The number of amides is 2. The molecule has 5 fully saturated rings. The van der Waals surface area contributed by atoms with Crippen molar-refractivity contribution >= 4 is 29.4 Å². The molecule has 4 aliphatic carbocycles. The number of carbonyl (C=O) groups is 3. The van der Waals surface area contributed by atoms with E-state index in [1.54, 1.807) is 6.07 Å². The Hall–Kier alpha value is -2.32. The fourth-order valence-electron chi connectivity index (χ4n) is 7.90. The molecule has 1 saturated heterocycles. The highest BCUT2D eigenvalue weighted by molar-refractivity contribution is 6.30. The zero-order valence-electron chi connectivity index (χ0n) is 23.1. The number of hydrogen-bond donors (Lipinski definition) is 1. The predicted molar refractivity (Wildman–Crippen MR) is 148 cm³/mol. The molecule has 1 aliphatic heterocycles. The number of nitrogens with one attached hydrogen (secondary N) is 1. The van der Waals surface area contributed by atoms with E-state index in [0.717, 1.165) is 42.2 Å². The van der Waals surface area contributed by atoms with E-state index in [4.69, 9.17) is 16.3 Å². The van der Waals surface area contributed by atoms with Gasteiger partial charge in [0.15, 0.2) is 0 Å². The molecule has 39 heavy (non-hydrogen) atoms. The highest BCUT2D eigenvalue weighted by Crippen LogP contribution is 2.61. The van der Waals surface area contributed by atoms with E-state index in [1.807, 2.05) is 17.0 Å². The van der Waals surface area contributed by atoms with Crippen LogP contribution in [0.3, 0.4) is 0 Å². The zero-order chi connectivity index (χ0) is 27.4. The normalized spacial score (nSPS) is 27.8. The number of halogens is 1. The molecule has 4 saturated carbocycles. The zero-order valence-corrected chi connectivity index (χ0v) is 23.8. The highest BCUT2D eigenvalue weighted by Gasteiger charge is 2.51. The molecule has 0 aromatic heterocycles. The second-order valence-electron chi connectivity index (χ2n) is 12.3. The van der Waals surface area contributed by atoms with Gasteiger partial charge in [-0.1, -0.05) is 11.6 Å². The third-order valence-corrected chi connectivity index (χ3v) is 9.52. The number of carbonyl (C=O) groups excluding carboxylic acids is 3. The van der Waals surface area contributed by atoms with Gasteiger partial charge in [0.05, 0.1) is 20.3 Å². The number of nitrogens with zero attached hydrogens (tertiary/aromatic N) is 2. The lowest BCUT2D eigenvalue weighted by molar-refractivity contribution is -0.140. The lowest BCUT2D eigenvalue weighted by Gasteiger charge is -2.56. The maximum Gasteiger partial charge on any atom is 0.305 e. The average molecular weight is 560 g/mol. The Morgan fingerprint density at radius 2 is 1.69 bits per heavy atom. The topological polar surface area (TPSA) is 88.2 Å². The first-order valence-electron chi connectivity index (χ1n) is 14.6. The maximum absolute atomic E-state index is 12.9. The van der Waals surface area contributed by atoms with Crippen LogP contribution in [0.5, 0.6) is 5.75 Å². The summed E-state index contributed by atoms with van der Waals surface area (Å²) in [5, 5.41) is 3.59. The van der Waals surface area contributed by atoms with Crippen LogP contribution in [0.15, 0.2) is 18.2 Å². The van der Waals surface area contributed by atoms with Crippen LogP contribution in [0.25, 0.3) is 0 Å². The Morgan fingerprint density at radius 1 is 1.03 bits per heavy atom. The second kappa shape index (κ2) is 12.5. The van der Waals surface area contributed by atoms with E-state index in [-0.39, 0.29) is 29.7 Å². The Morgan fingerprint density at radius 3 is 2.33 bits per heavy atom. The molecule has 0 radical (unpaired) electrons. The van der Waals surface area contributed by atoms with Gasteiger partial charge in [0.1, 0.15) is 5.75 Å². The molecule has 214 valence electrons. The Labute approximate surface area is 236 Å². The first-order chi connectivity index (χ1) is 18.8. The SMILES string of the molecule is COC(=O)CCCOc1ccc(Cl)cc1CN1CCN(C(=O)CNC(=O)CC23CC4CC(CC(C4)C2)C3)CC1. The van der Waals surface area contributed by atoms with Crippen molar-refractivity contribution in [2.75, 3.05) is 46.4 Å². The van der Waals surface area contributed by atoms with Crippen molar-refractivity contribution in [3.05, 3.63) is 28.8 Å². The lowest BCUT2D eigenvalue weighted by Crippen LogP contribution is -2.51. The summed E-state index contributed by atoms with van der Waals surface area (Å²) in [6, 6.07) is 5.57. The molecule has 0 unspecified atom stereocenters. The Bertz CT molecular complexity index is 1020. The predicted octanol–water partition coefficient (Wildman–Crippen LogP) is 4.04. The van der Waals surface area contributed by atoms with Gasteiger partial charge in [-0.3, -0.25) is 19.3 Å². The summed E-state index contributed by atoms with van der Waals surface area (Å²) in [6.45, 7) is 3.89. The number of benzene rings is 1. The first kappa shape index (κ1) is 28.2. The van der Waals surface area contributed by atoms with E-state index in [2.05, 4.69) is 15.0 Å². The minimum Gasteiger partial charge on any atom is -0.493 e. The van der Waals surface area contributed by atoms with Gasteiger partial charge >= 0.3 is 5.97 Å². The molecule has 9 heteroatoms. The number of esters is 1. The molecule has 8 nitrogen and oxygen atoms in total. The van der Waals surface area contributed by atoms with Gasteiger partial charge in [0.2, 0.25) is 11.8 Å². The van der Waals surface area contributed by atoms with Crippen LogP contribution in [0.4, 0.5) is 0 Å². The second-order valence-corrected chi connectivity index (χ2v) is 12.7. The summed E-state index contributed by atoms with van der Waals surface area (Å²) in [4.78, 5) is 41.2. The molecule has 1 heterocycles. The summed E-state index contributed by atoms with van der Waals surface area (Å²) in [6.07, 6.45) is 9.20. The molecule has 1 aromatic rings. The minimum absolute atomic E-state index is 0.00843. The fraction of sp³-hybridized carbons (Fsp3) is 0.700. The molecular weight excluding hydrogens is 518 g/mol. The van der Waals surface area contributed by atoms with E-state index < -0.39 is 0 Å². The molecule has 0 atom stereocenters.